The molecule has 2 heteroatoms. The monoisotopic (exact) mass is 267 g/mol. The van der Waals surface area contributed by atoms with E-state index in [-0.39, 0.29) is 0 Å². The fourth-order valence-electron chi connectivity index (χ4n) is 1.88. The van der Waals surface area contributed by atoms with E-state index in [4.69, 9.17) is 5.26 Å². The van der Waals surface area contributed by atoms with Crippen LogP contribution in [0.1, 0.15) is 36.5 Å². The highest BCUT2D eigenvalue weighted by atomic mass is 32.2. The number of nitriles is 1. The first kappa shape index (κ1) is 13.7. The van der Waals surface area contributed by atoms with Gasteiger partial charge >= 0.3 is 0 Å². The zero-order valence-corrected chi connectivity index (χ0v) is 12.3. The summed E-state index contributed by atoms with van der Waals surface area (Å²) >= 11 is 1.73. The topological polar surface area (TPSA) is 23.8 Å². The summed E-state index contributed by atoms with van der Waals surface area (Å²) < 4.78 is 0. The van der Waals surface area contributed by atoms with Crippen molar-refractivity contribution in [2.45, 2.75) is 36.5 Å². The molecule has 0 atom stereocenters. The molecule has 2 aromatic rings. The molecule has 0 unspecified atom stereocenters. The van der Waals surface area contributed by atoms with Gasteiger partial charge < -0.3 is 0 Å². The highest BCUT2D eigenvalue weighted by Gasteiger charge is 2.03. The van der Waals surface area contributed by atoms with Crippen molar-refractivity contribution in [2.24, 2.45) is 0 Å². The Bertz CT molecular complexity index is 606. The lowest BCUT2D eigenvalue weighted by Gasteiger charge is -2.07. The van der Waals surface area contributed by atoms with Crippen LogP contribution in [-0.4, -0.2) is 0 Å². The SMILES string of the molecule is Cc1cc(Sc2ccc(C(C)C)cc2)ccc1C#N. The van der Waals surface area contributed by atoms with Gasteiger partial charge in [0.05, 0.1) is 11.6 Å². The molecule has 96 valence electrons. The fraction of sp³-hybridized carbons (Fsp3) is 0.235. The number of nitrogens with zero attached hydrogens (tertiary/aromatic N) is 1. The Balaban J connectivity index is 2.17. The van der Waals surface area contributed by atoms with E-state index < -0.39 is 0 Å². The van der Waals surface area contributed by atoms with Gasteiger partial charge in [-0.1, -0.05) is 37.7 Å². The zero-order valence-electron chi connectivity index (χ0n) is 11.5. The maximum atomic E-state index is 8.92. The van der Waals surface area contributed by atoms with Gasteiger partial charge in [0, 0.05) is 9.79 Å². The molecule has 1 nitrogen and oxygen atoms in total. The van der Waals surface area contributed by atoms with Gasteiger partial charge in [-0.25, -0.2) is 0 Å². The Kier molecular flexibility index (Phi) is 4.29. The highest BCUT2D eigenvalue weighted by molar-refractivity contribution is 7.99. The van der Waals surface area contributed by atoms with Gasteiger partial charge in [0.15, 0.2) is 0 Å². The summed E-state index contributed by atoms with van der Waals surface area (Å²) in [5, 5.41) is 8.92. The van der Waals surface area contributed by atoms with Crippen molar-refractivity contribution in [2.75, 3.05) is 0 Å². The number of aryl methyl sites for hydroxylation is 1. The fourth-order valence-corrected chi connectivity index (χ4v) is 2.80. The number of hydrogen-bond acceptors (Lipinski definition) is 2. The second-order valence-electron chi connectivity index (χ2n) is 4.91. The summed E-state index contributed by atoms with van der Waals surface area (Å²) in [6, 6.07) is 16.9. The van der Waals surface area contributed by atoms with Crippen LogP contribution in [0.4, 0.5) is 0 Å². The van der Waals surface area contributed by atoms with E-state index in [1.165, 1.54) is 15.4 Å². The molecule has 0 amide bonds. The van der Waals surface area contributed by atoms with E-state index in [9.17, 15) is 0 Å². The van der Waals surface area contributed by atoms with E-state index >= 15 is 0 Å². The average Bonchev–Trinajstić information content (AvgIpc) is 2.39. The third-order valence-corrected chi connectivity index (χ3v) is 4.10. The van der Waals surface area contributed by atoms with Crippen LogP contribution in [0.2, 0.25) is 0 Å². The molecule has 0 saturated carbocycles. The summed E-state index contributed by atoms with van der Waals surface area (Å²) in [5.41, 5.74) is 3.14. The van der Waals surface area contributed by atoms with Crippen LogP contribution >= 0.6 is 11.8 Å². The van der Waals surface area contributed by atoms with E-state index in [1.807, 2.05) is 19.1 Å². The molecule has 0 aliphatic rings. The highest BCUT2D eigenvalue weighted by Crippen LogP contribution is 2.30. The van der Waals surface area contributed by atoms with Gasteiger partial charge in [0.1, 0.15) is 0 Å². The molecule has 2 aromatic carbocycles. The summed E-state index contributed by atoms with van der Waals surface area (Å²) in [6.07, 6.45) is 0. The maximum absolute atomic E-state index is 8.92. The molecule has 0 spiro atoms. The molecule has 0 aliphatic carbocycles. The third-order valence-electron chi connectivity index (χ3n) is 3.10. The minimum absolute atomic E-state index is 0.566. The van der Waals surface area contributed by atoms with E-state index in [0.717, 1.165) is 11.1 Å². The van der Waals surface area contributed by atoms with Crippen molar-refractivity contribution in [1.29, 1.82) is 5.26 Å². The Morgan fingerprint density at radius 1 is 1.00 bits per heavy atom. The van der Waals surface area contributed by atoms with E-state index in [0.29, 0.717) is 5.92 Å². The molecule has 0 bridgehead atoms. The molecule has 0 N–H and O–H groups in total. The summed E-state index contributed by atoms with van der Waals surface area (Å²) in [6.45, 7) is 6.38. The quantitative estimate of drug-likeness (QED) is 0.768. The average molecular weight is 267 g/mol. The Morgan fingerprint density at radius 3 is 2.16 bits per heavy atom. The van der Waals surface area contributed by atoms with Gasteiger partial charge in [-0.15, -0.1) is 0 Å². The minimum Gasteiger partial charge on any atom is -0.192 e. The normalized spacial score (nSPS) is 10.5. The first-order valence-electron chi connectivity index (χ1n) is 6.38. The molecule has 0 heterocycles. The molecule has 0 saturated heterocycles. The predicted octanol–water partition coefficient (Wildman–Crippen LogP) is 5.14. The van der Waals surface area contributed by atoms with Gasteiger partial charge in [-0.3, -0.25) is 0 Å². The lowest BCUT2D eigenvalue weighted by Crippen LogP contribution is -1.86. The van der Waals surface area contributed by atoms with Crippen molar-refractivity contribution < 1.29 is 0 Å². The lowest BCUT2D eigenvalue weighted by molar-refractivity contribution is 0.865. The van der Waals surface area contributed by atoms with Crippen LogP contribution in [0.3, 0.4) is 0 Å². The molecule has 2 rings (SSSR count). The molecule has 0 aliphatic heterocycles. The van der Waals surface area contributed by atoms with Crippen molar-refractivity contribution in [3.63, 3.8) is 0 Å². The number of benzene rings is 2. The van der Waals surface area contributed by atoms with Crippen LogP contribution < -0.4 is 0 Å². The largest absolute Gasteiger partial charge is 0.192 e. The maximum Gasteiger partial charge on any atom is 0.0994 e. The standard InChI is InChI=1S/C17H17NS/c1-12(2)14-4-7-16(8-5-14)19-17-9-6-15(11-18)13(3)10-17/h4-10,12H,1-3H3. The molecule has 0 radical (unpaired) electrons. The van der Waals surface area contributed by atoms with Crippen LogP contribution in [0.15, 0.2) is 52.3 Å². The molecular formula is C17H17NS. The third kappa shape index (κ3) is 3.39. The van der Waals surface area contributed by atoms with Gasteiger partial charge in [-0.05, 0) is 54.3 Å². The van der Waals surface area contributed by atoms with E-state index in [2.05, 4.69) is 50.2 Å². The summed E-state index contributed by atoms with van der Waals surface area (Å²) in [4.78, 5) is 2.40. The number of hydrogen-bond donors (Lipinski definition) is 0. The van der Waals surface area contributed by atoms with Crippen LogP contribution in [0.25, 0.3) is 0 Å². The second kappa shape index (κ2) is 5.95. The Morgan fingerprint density at radius 2 is 1.63 bits per heavy atom. The van der Waals surface area contributed by atoms with Gasteiger partial charge in [-0.2, -0.15) is 5.26 Å². The molecule has 19 heavy (non-hydrogen) atoms. The van der Waals surface area contributed by atoms with Crippen molar-refractivity contribution >= 4 is 11.8 Å². The first-order valence-corrected chi connectivity index (χ1v) is 7.20. The van der Waals surface area contributed by atoms with Crippen LogP contribution in [0.5, 0.6) is 0 Å². The van der Waals surface area contributed by atoms with Crippen LogP contribution in [0, 0.1) is 18.3 Å². The van der Waals surface area contributed by atoms with Crippen molar-refractivity contribution in [3.05, 3.63) is 59.2 Å². The predicted molar refractivity (Wildman–Crippen MR) is 80.5 cm³/mol. The summed E-state index contributed by atoms with van der Waals surface area (Å²) in [7, 11) is 0. The minimum atomic E-state index is 0.566. The second-order valence-corrected chi connectivity index (χ2v) is 6.06. The molecule has 0 aromatic heterocycles. The van der Waals surface area contributed by atoms with Gasteiger partial charge in [0.25, 0.3) is 0 Å². The molecule has 0 fully saturated rings. The van der Waals surface area contributed by atoms with Gasteiger partial charge in [0.2, 0.25) is 0 Å². The molecular weight excluding hydrogens is 250 g/mol. The zero-order chi connectivity index (χ0) is 13.8. The first-order chi connectivity index (χ1) is 9.10. The Hall–Kier alpha value is -1.72. The lowest BCUT2D eigenvalue weighted by atomic mass is 10.0. The van der Waals surface area contributed by atoms with Crippen molar-refractivity contribution in [1.82, 2.24) is 0 Å². The Labute approximate surface area is 119 Å². The smallest absolute Gasteiger partial charge is 0.0994 e. The summed E-state index contributed by atoms with van der Waals surface area (Å²) in [5.74, 6) is 0.566. The number of rotatable bonds is 3. The van der Waals surface area contributed by atoms with Crippen LogP contribution in [-0.2, 0) is 0 Å². The van der Waals surface area contributed by atoms with Crippen molar-refractivity contribution in [3.8, 4) is 6.07 Å². The van der Waals surface area contributed by atoms with E-state index in [1.54, 1.807) is 11.8 Å².